The van der Waals surface area contributed by atoms with Crippen molar-refractivity contribution < 1.29 is 61.6 Å². The summed E-state index contributed by atoms with van der Waals surface area (Å²) in [5, 5.41) is 0. The molecular formula is C34H53NaO7S. The SMILES string of the molecule is C=CCCCCCCCCCCCOC(=O)c1cccc(S(=O)(=O)[O-])c1C(=O)OCCCCCCCCCCCC=C.[Na+]. The number of allylic oxidation sites excluding steroid dienone is 2. The summed E-state index contributed by atoms with van der Waals surface area (Å²) in [6, 6.07) is 3.57. The van der Waals surface area contributed by atoms with Gasteiger partial charge in [0.05, 0.1) is 29.2 Å². The van der Waals surface area contributed by atoms with Crippen molar-refractivity contribution in [3.8, 4) is 0 Å². The normalized spacial score (nSPS) is 11.0. The molecule has 0 amide bonds. The zero-order valence-corrected chi connectivity index (χ0v) is 29.4. The van der Waals surface area contributed by atoms with Crippen molar-refractivity contribution in [3.05, 3.63) is 54.6 Å². The molecule has 0 radical (unpaired) electrons. The van der Waals surface area contributed by atoms with Gasteiger partial charge in [0.1, 0.15) is 10.1 Å². The van der Waals surface area contributed by atoms with Crippen LogP contribution in [0, 0.1) is 0 Å². The fourth-order valence-corrected chi connectivity index (χ4v) is 5.54. The number of esters is 2. The number of ether oxygens (including phenoxy) is 2. The van der Waals surface area contributed by atoms with E-state index in [9.17, 15) is 22.6 Å². The molecule has 43 heavy (non-hydrogen) atoms. The Labute approximate surface area is 283 Å². The Morgan fingerprint density at radius 3 is 1.40 bits per heavy atom. The van der Waals surface area contributed by atoms with Crippen molar-refractivity contribution >= 4 is 22.1 Å². The van der Waals surface area contributed by atoms with E-state index in [4.69, 9.17) is 9.47 Å². The first kappa shape index (κ1) is 41.5. The Morgan fingerprint density at radius 2 is 1.00 bits per heavy atom. The first-order valence-electron chi connectivity index (χ1n) is 16.0. The van der Waals surface area contributed by atoms with E-state index in [2.05, 4.69) is 13.2 Å². The van der Waals surface area contributed by atoms with Crippen LogP contribution in [0.15, 0.2) is 48.4 Å². The largest absolute Gasteiger partial charge is 1.00 e. The van der Waals surface area contributed by atoms with Crippen LogP contribution in [0.2, 0.25) is 0 Å². The number of carbonyl (C=O) groups excluding carboxylic acids is 2. The first-order chi connectivity index (χ1) is 20.3. The van der Waals surface area contributed by atoms with Crippen LogP contribution in [-0.4, -0.2) is 38.1 Å². The molecule has 0 aliphatic rings. The summed E-state index contributed by atoms with van der Waals surface area (Å²) in [6.07, 6.45) is 25.6. The quantitative estimate of drug-likeness (QED) is 0.0382. The Kier molecular flexibility index (Phi) is 26.0. The van der Waals surface area contributed by atoms with Crippen LogP contribution >= 0.6 is 0 Å². The second-order valence-electron chi connectivity index (χ2n) is 10.9. The van der Waals surface area contributed by atoms with Crippen LogP contribution in [0.5, 0.6) is 0 Å². The molecule has 0 aliphatic heterocycles. The van der Waals surface area contributed by atoms with Gasteiger partial charge in [0, 0.05) is 0 Å². The minimum atomic E-state index is -5.01. The molecule has 0 fully saturated rings. The van der Waals surface area contributed by atoms with Crippen LogP contribution < -0.4 is 29.6 Å². The Balaban J connectivity index is 0.0000176. The van der Waals surface area contributed by atoms with Gasteiger partial charge in [-0.2, -0.15) is 0 Å². The van der Waals surface area contributed by atoms with Gasteiger partial charge in [-0.25, -0.2) is 18.0 Å². The smallest absolute Gasteiger partial charge is 0.744 e. The molecular weight excluding hydrogens is 575 g/mol. The van der Waals surface area contributed by atoms with Crippen molar-refractivity contribution in [1.29, 1.82) is 0 Å². The average molecular weight is 629 g/mol. The van der Waals surface area contributed by atoms with Gasteiger partial charge in [-0.15, -0.1) is 13.2 Å². The molecule has 0 N–H and O–H groups in total. The van der Waals surface area contributed by atoms with Crippen LogP contribution in [0.25, 0.3) is 0 Å². The number of rotatable bonds is 27. The van der Waals surface area contributed by atoms with Crippen molar-refractivity contribution in [2.75, 3.05) is 13.2 Å². The topological polar surface area (TPSA) is 110 Å². The number of hydrogen-bond donors (Lipinski definition) is 0. The van der Waals surface area contributed by atoms with Gasteiger partial charge in [0.15, 0.2) is 0 Å². The summed E-state index contributed by atoms with van der Waals surface area (Å²) >= 11 is 0. The maximum Gasteiger partial charge on any atom is 1.00 e. The third-order valence-electron chi connectivity index (χ3n) is 7.29. The molecule has 1 rings (SSSR count). The summed E-state index contributed by atoms with van der Waals surface area (Å²) in [5.41, 5.74) is -0.802. The molecule has 1 aromatic rings. The van der Waals surface area contributed by atoms with Crippen molar-refractivity contribution in [2.24, 2.45) is 0 Å². The molecule has 238 valence electrons. The summed E-state index contributed by atoms with van der Waals surface area (Å²) < 4.78 is 46.2. The van der Waals surface area contributed by atoms with Gasteiger partial charge >= 0.3 is 41.5 Å². The summed E-state index contributed by atoms with van der Waals surface area (Å²) in [4.78, 5) is 24.9. The number of benzene rings is 1. The Hall–Kier alpha value is -1.45. The van der Waals surface area contributed by atoms with Crippen molar-refractivity contribution in [2.45, 2.75) is 133 Å². The predicted molar refractivity (Wildman–Crippen MR) is 168 cm³/mol. The van der Waals surface area contributed by atoms with Gasteiger partial charge in [0.2, 0.25) is 0 Å². The standard InChI is InChI=1S/C34H54O7S.Na/c1-3-5-7-9-11-13-15-17-19-21-23-28-40-33(35)30-26-25-27-31(42(37,38)39)32(30)34(36)41-29-24-22-20-18-16-14-12-10-8-6-4-2;/h3-4,25-27H,1-2,5-24,28-29H2,(H,37,38,39);/q;+1/p-1. The molecule has 0 unspecified atom stereocenters. The maximum absolute atomic E-state index is 12.9. The second kappa shape index (κ2) is 26.9. The third-order valence-corrected chi connectivity index (χ3v) is 8.17. The van der Waals surface area contributed by atoms with E-state index in [1.165, 1.54) is 76.3 Å². The van der Waals surface area contributed by atoms with E-state index in [0.29, 0.717) is 12.8 Å². The fourth-order valence-electron chi connectivity index (χ4n) is 4.86. The monoisotopic (exact) mass is 628 g/mol. The summed E-state index contributed by atoms with van der Waals surface area (Å²) in [5.74, 6) is -1.84. The molecule has 0 heterocycles. The van der Waals surface area contributed by atoms with E-state index in [1.54, 1.807) is 0 Å². The number of carbonyl (C=O) groups is 2. The average Bonchev–Trinajstić information content (AvgIpc) is 2.97. The predicted octanol–water partition coefficient (Wildman–Crippen LogP) is 6.08. The van der Waals surface area contributed by atoms with Crippen LogP contribution in [-0.2, 0) is 19.6 Å². The third kappa shape index (κ3) is 20.3. The van der Waals surface area contributed by atoms with E-state index in [1.807, 2.05) is 12.2 Å². The summed E-state index contributed by atoms with van der Waals surface area (Å²) in [6.45, 7) is 7.71. The first-order valence-corrected chi connectivity index (χ1v) is 17.4. The van der Waals surface area contributed by atoms with Crippen LogP contribution in [0.3, 0.4) is 0 Å². The molecule has 7 nitrogen and oxygen atoms in total. The fraction of sp³-hybridized carbons (Fsp3) is 0.647. The van der Waals surface area contributed by atoms with Crippen LogP contribution in [0.4, 0.5) is 0 Å². The molecule has 0 saturated carbocycles. The molecule has 0 spiro atoms. The maximum atomic E-state index is 12.9. The molecule has 0 atom stereocenters. The molecule has 0 aromatic heterocycles. The Morgan fingerprint density at radius 1 is 0.628 bits per heavy atom. The van der Waals surface area contributed by atoms with Gasteiger partial charge < -0.3 is 14.0 Å². The number of hydrogen-bond acceptors (Lipinski definition) is 7. The van der Waals surface area contributed by atoms with Gasteiger partial charge in [-0.3, -0.25) is 0 Å². The van der Waals surface area contributed by atoms with Crippen LogP contribution in [0.1, 0.15) is 149 Å². The molecule has 0 aliphatic carbocycles. The number of unbranched alkanes of at least 4 members (excludes halogenated alkanes) is 18. The summed E-state index contributed by atoms with van der Waals surface area (Å²) in [7, 11) is -5.01. The van der Waals surface area contributed by atoms with Crippen molar-refractivity contribution in [3.63, 3.8) is 0 Å². The second-order valence-corrected chi connectivity index (χ2v) is 12.3. The molecule has 9 heteroatoms. The Bertz CT molecular complexity index is 1020. The van der Waals surface area contributed by atoms with Gasteiger partial charge in [0.25, 0.3) is 0 Å². The molecule has 0 bridgehead atoms. The molecule has 1 aromatic carbocycles. The van der Waals surface area contributed by atoms with Crippen molar-refractivity contribution in [1.82, 2.24) is 0 Å². The van der Waals surface area contributed by atoms with E-state index < -0.39 is 32.5 Å². The van der Waals surface area contributed by atoms with Gasteiger partial charge in [-0.05, 0) is 50.7 Å². The van der Waals surface area contributed by atoms with E-state index >= 15 is 0 Å². The van der Waals surface area contributed by atoms with E-state index in [-0.39, 0.29) is 48.3 Å². The van der Waals surface area contributed by atoms with Gasteiger partial charge in [-0.1, -0.05) is 108 Å². The minimum Gasteiger partial charge on any atom is -0.744 e. The molecule has 0 saturated heterocycles. The zero-order chi connectivity index (χ0) is 30.9. The zero-order valence-electron chi connectivity index (χ0n) is 26.6. The van der Waals surface area contributed by atoms with E-state index in [0.717, 1.165) is 57.4 Å². The minimum absolute atomic E-state index is 0.